The maximum Gasteiger partial charge on any atom is 0.0371 e. The van der Waals surface area contributed by atoms with Gasteiger partial charge in [-0.15, -0.1) is 0 Å². The van der Waals surface area contributed by atoms with Crippen molar-refractivity contribution in [2.24, 2.45) is 5.92 Å². The Hall–Kier alpha value is -1.09. The van der Waals surface area contributed by atoms with Gasteiger partial charge < -0.3 is 10.6 Å². The third-order valence-corrected chi connectivity index (χ3v) is 2.14. The van der Waals surface area contributed by atoms with Gasteiger partial charge in [-0.1, -0.05) is 0 Å². The van der Waals surface area contributed by atoms with Crippen LogP contribution in [0.4, 0.5) is 5.69 Å². The molecule has 0 amide bonds. The number of nitrogens with one attached hydrogen (secondary N) is 2. The lowest BCUT2D eigenvalue weighted by atomic mass is 10.0. The average molecular weight is 163 g/mol. The van der Waals surface area contributed by atoms with E-state index in [4.69, 9.17) is 0 Å². The third kappa shape index (κ3) is 1.74. The minimum Gasteiger partial charge on any atom is -0.385 e. The van der Waals surface area contributed by atoms with Crippen molar-refractivity contribution in [2.45, 2.75) is 0 Å². The highest BCUT2D eigenvalue weighted by Gasteiger charge is 2.15. The van der Waals surface area contributed by atoms with Crippen LogP contribution < -0.4 is 10.6 Å². The molecule has 0 spiro atoms. The lowest BCUT2D eigenvalue weighted by Gasteiger charge is -2.27. The summed E-state index contributed by atoms with van der Waals surface area (Å²) in [6.45, 7) is 3.37. The van der Waals surface area contributed by atoms with Gasteiger partial charge in [0, 0.05) is 43.6 Å². The van der Waals surface area contributed by atoms with Crippen molar-refractivity contribution in [3.8, 4) is 0 Å². The molecule has 2 heterocycles. The second-order valence-corrected chi connectivity index (χ2v) is 3.14. The van der Waals surface area contributed by atoms with Crippen LogP contribution in [0.15, 0.2) is 24.5 Å². The zero-order chi connectivity index (χ0) is 8.23. The molecule has 1 saturated heterocycles. The van der Waals surface area contributed by atoms with Gasteiger partial charge in [0.1, 0.15) is 0 Å². The molecule has 0 atom stereocenters. The molecule has 0 bridgehead atoms. The van der Waals surface area contributed by atoms with E-state index < -0.39 is 0 Å². The maximum atomic E-state index is 3.95. The molecule has 1 aromatic rings. The summed E-state index contributed by atoms with van der Waals surface area (Å²) >= 11 is 0. The summed E-state index contributed by atoms with van der Waals surface area (Å²) < 4.78 is 0. The van der Waals surface area contributed by atoms with E-state index in [1.54, 1.807) is 12.4 Å². The molecule has 12 heavy (non-hydrogen) atoms. The average Bonchev–Trinajstić information content (AvgIpc) is 2.04. The summed E-state index contributed by atoms with van der Waals surface area (Å²) in [6, 6.07) is 3.98. The smallest absolute Gasteiger partial charge is 0.0371 e. The highest BCUT2D eigenvalue weighted by molar-refractivity contribution is 5.40. The molecule has 1 aliphatic heterocycles. The second kappa shape index (κ2) is 3.54. The van der Waals surface area contributed by atoms with Crippen LogP contribution in [-0.2, 0) is 0 Å². The van der Waals surface area contributed by atoms with Gasteiger partial charge in [-0.2, -0.15) is 0 Å². The van der Waals surface area contributed by atoms with Crippen molar-refractivity contribution in [3.05, 3.63) is 24.5 Å². The number of anilines is 1. The van der Waals surface area contributed by atoms with Crippen LogP contribution in [-0.4, -0.2) is 24.6 Å². The Morgan fingerprint density at radius 1 is 1.42 bits per heavy atom. The Bertz CT molecular complexity index is 231. The first-order chi connectivity index (χ1) is 5.95. The van der Waals surface area contributed by atoms with E-state index in [0.717, 1.165) is 31.2 Å². The lowest BCUT2D eigenvalue weighted by Crippen LogP contribution is -2.45. The normalized spacial score (nSPS) is 17.0. The Morgan fingerprint density at radius 2 is 2.17 bits per heavy atom. The number of hydrogen-bond acceptors (Lipinski definition) is 3. The first kappa shape index (κ1) is 7.55. The van der Waals surface area contributed by atoms with Gasteiger partial charge in [-0.3, -0.25) is 4.98 Å². The summed E-state index contributed by atoms with van der Waals surface area (Å²) in [5, 5.41) is 6.61. The molecular formula is C9H13N3. The van der Waals surface area contributed by atoms with E-state index in [-0.39, 0.29) is 0 Å². The van der Waals surface area contributed by atoms with Gasteiger partial charge in [0.25, 0.3) is 0 Å². The standard InChI is InChI=1S/C9H13N3/c1-3-10-4-2-9(1)12-7-8-5-11-6-8/h1-4,8,11H,5-7H2,(H,10,12). The zero-order valence-corrected chi connectivity index (χ0v) is 6.96. The summed E-state index contributed by atoms with van der Waals surface area (Å²) in [5.74, 6) is 0.804. The molecular weight excluding hydrogens is 150 g/mol. The van der Waals surface area contributed by atoms with Crippen LogP contribution in [0.25, 0.3) is 0 Å². The second-order valence-electron chi connectivity index (χ2n) is 3.14. The summed E-state index contributed by atoms with van der Waals surface area (Å²) in [7, 11) is 0. The Kier molecular flexibility index (Phi) is 2.23. The van der Waals surface area contributed by atoms with Crippen LogP contribution in [0.2, 0.25) is 0 Å². The quantitative estimate of drug-likeness (QED) is 0.689. The van der Waals surface area contributed by atoms with Crippen LogP contribution in [0.1, 0.15) is 0 Å². The fourth-order valence-electron chi connectivity index (χ4n) is 1.22. The molecule has 64 valence electrons. The molecule has 0 unspecified atom stereocenters. The lowest BCUT2D eigenvalue weighted by molar-refractivity contribution is 0.365. The molecule has 2 N–H and O–H groups in total. The molecule has 0 aromatic carbocycles. The molecule has 0 aliphatic carbocycles. The van der Waals surface area contributed by atoms with Gasteiger partial charge >= 0.3 is 0 Å². The highest BCUT2D eigenvalue weighted by Crippen LogP contribution is 2.07. The number of rotatable bonds is 3. The van der Waals surface area contributed by atoms with E-state index in [1.807, 2.05) is 12.1 Å². The number of hydrogen-bond donors (Lipinski definition) is 2. The number of pyridine rings is 1. The van der Waals surface area contributed by atoms with Crippen LogP contribution in [0.5, 0.6) is 0 Å². The van der Waals surface area contributed by atoms with Gasteiger partial charge in [-0.05, 0) is 12.1 Å². The summed E-state index contributed by atoms with van der Waals surface area (Å²) in [5.41, 5.74) is 1.16. The molecule has 0 saturated carbocycles. The summed E-state index contributed by atoms with van der Waals surface area (Å²) in [6.07, 6.45) is 3.61. The van der Waals surface area contributed by atoms with Gasteiger partial charge in [0.05, 0.1) is 0 Å². The molecule has 3 nitrogen and oxygen atoms in total. The Labute approximate surface area is 72.2 Å². The zero-order valence-electron chi connectivity index (χ0n) is 6.96. The predicted octanol–water partition coefficient (Wildman–Crippen LogP) is 0.713. The number of aromatic nitrogens is 1. The van der Waals surface area contributed by atoms with E-state index in [0.29, 0.717) is 0 Å². The van der Waals surface area contributed by atoms with E-state index in [2.05, 4.69) is 15.6 Å². The Balaban J connectivity index is 1.79. The molecule has 1 fully saturated rings. The predicted molar refractivity (Wildman–Crippen MR) is 49.1 cm³/mol. The monoisotopic (exact) mass is 163 g/mol. The Morgan fingerprint density at radius 3 is 2.75 bits per heavy atom. The molecule has 2 rings (SSSR count). The highest BCUT2D eigenvalue weighted by atomic mass is 15.0. The molecule has 1 aliphatic rings. The molecule has 3 heteroatoms. The third-order valence-electron chi connectivity index (χ3n) is 2.14. The fourth-order valence-corrected chi connectivity index (χ4v) is 1.22. The van der Waals surface area contributed by atoms with E-state index >= 15 is 0 Å². The van der Waals surface area contributed by atoms with E-state index in [9.17, 15) is 0 Å². The first-order valence-corrected chi connectivity index (χ1v) is 4.30. The summed E-state index contributed by atoms with van der Waals surface area (Å²) in [4.78, 5) is 3.95. The minimum atomic E-state index is 0.804. The van der Waals surface area contributed by atoms with Gasteiger partial charge in [0.15, 0.2) is 0 Å². The largest absolute Gasteiger partial charge is 0.385 e. The van der Waals surface area contributed by atoms with Crippen molar-refractivity contribution in [1.29, 1.82) is 0 Å². The van der Waals surface area contributed by atoms with Crippen LogP contribution >= 0.6 is 0 Å². The SMILES string of the molecule is c1cc(NCC2CNC2)ccn1. The maximum absolute atomic E-state index is 3.95. The van der Waals surface area contributed by atoms with Crippen LogP contribution in [0.3, 0.4) is 0 Å². The number of nitrogens with zero attached hydrogens (tertiary/aromatic N) is 1. The van der Waals surface area contributed by atoms with E-state index in [1.165, 1.54) is 0 Å². The van der Waals surface area contributed by atoms with Gasteiger partial charge in [-0.25, -0.2) is 0 Å². The topological polar surface area (TPSA) is 37.0 Å². The molecule has 1 aromatic heterocycles. The van der Waals surface area contributed by atoms with Crippen molar-refractivity contribution in [1.82, 2.24) is 10.3 Å². The van der Waals surface area contributed by atoms with Crippen molar-refractivity contribution in [2.75, 3.05) is 25.0 Å². The van der Waals surface area contributed by atoms with Crippen LogP contribution in [0, 0.1) is 5.92 Å². The molecule has 0 radical (unpaired) electrons. The minimum absolute atomic E-state index is 0.804. The fraction of sp³-hybridized carbons (Fsp3) is 0.444. The van der Waals surface area contributed by atoms with Crippen molar-refractivity contribution in [3.63, 3.8) is 0 Å². The van der Waals surface area contributed by atoms with Crippen molar-refractivity contribution < 1.29 is 0 Å². The van der Waals surface area contributed by atoms with Crippen molar-refractivity contribution >= 4 is 5.69 Å². The van der Waals surface area contributed by atoms with Gasteiger partial charge in [0.2, 0.25) is 0 Å². The first-order valence-electron chi connectivity index (χ1n) is 4.30.